The van der Waals surface area contributed by atoms with E-state index in [2.05, 4.69) is 5.73 Å². The van der Waals surface area contributed by atoms with E-state index in [4.69, 9.17) is 9.84 Å². The highest BCUT2D eigenvalue weighted by Gasteiger charge is 2.03. The molecule has 0 fully saturated rings. The molecule has 0 aromatic heterocycles. The lowest BCUT2D eigenvalue weighted by Gasteiger charge is -2.09. The minimum absolute atomic E-state index is 0.200. The van der Waals surface area contributed by atoms with Crippen molar-refractivity contribution in [3.63, 3.8) is 0 Å². The molecule has 3 nitrogen and oxygen atoms in total. The molecule has 1 unspecified atom stereocenters. The van der Waals surface area contributed by atoms with Crippen molar-refractivity contribution in [2.75, 3.05) is 13.2 Å². The highest BCUT2D eigenvalue weighted by atomic mass is 16.5. The van der Waals surface area contributed by atoms with Crippen LogP contribution in [0.25, 0.3) is 0 Å². The fourth-order valence-electron chi connectivity index (χ4n) is 0.387. The van der Waals surface area contributed by atoms with Gasteiger partial charge in [-0.15, -0.1) is 0 Å². The summed E-state index contributed by atoms with van der Waals surface area (Å²) in [5, 5.41) is 8.92. The summed E-state index contributed by atoms with van der Waals surface area (Å²) >= 11 is 0. The number of hydrogen-bond acceptors (Lipinski definition) is 2. The minimum atomic E-state index is -0.396. The highest BCUT2D eigenvalue weighted by molar-refractivity contribution is 4.48. The van der Waals surface area contributed by atoms with Gasteiger partial charge in [-0.1, -0.05) is 0 Å². The Bertz CT molecular complexity index is 66.1. The topological polar surface area (TPSA) is 57.1 Å². The van der Waals surface area contributed by atoms with Crippen LogP contribution in [0.2, 0.25) is 0 Å². The number of aliphatic hydroxyl groups excluding tert-OH is 1. The smallest absolute Gasteiger partial charge is 0.126 e. The van der Waals surface area contributed by atoms with Crippen molar-refractivity contribution < 1.29 is 15.6 Å². The zero-order valence-corrected chi connectivity index (χ0v) is 6.13. The molecule has 3 heteroatoms. The lowest BCUT2D eigenvalue weighted by atomic mass is 10.4. The van der Waals surface area contributed by atoms with E-state index in [9.17, 15) is 0 Å². The van der Waals surface area contributed by atoms with Crippen molar-refractivity contribution in [1.29, 1.82) is 0 Å². The first kappa shape index (κ1) is 8.88. The van der Waals surface area contributed by atoms with Crippen LogP contribution in [0.3, 0.4) is 0 Å². The third kappa shape index (κ3) is 5.76. The van der Waals surface area contributed by atoms with E-state index in [1.54, 1.807) is 0 Å². The Morgan fingerprint density at radius 2 is 2.11 bits per heavy atom. The van der Waals surface area contributed by atoms with Crippen molar-refractivity contribution in [3.05, 3.63) is 0 Å². The maximum absolute atomic E-state index is 8.92. The van der Waals surface area contributed by atoms with E-state index < -0.39 is 6.10 Å². The van der Waals surface area contributed by atoms with Gasteiger partial charge in [0.15, 0.2) is 0 Å². The van der Waals surface area contributed by atoms with E-state index in [1.807, 2.05) is 13.8 Å². The van der Waals surface area contributed by atoms with E-state index >= 15 is 0 Å². The van der Waals surface area contributed by atoms with Crippen LogP contribution in [0.1, 0.15) is 13.8 Å². The zero-order valence-electron chi connectivity index (χ0n) is 6.13. The first-order chi connectivity index (χ1) is 4.16. The van der Waals surface area contributed by atoms with Crippen LogP contribution >= 0.6 is 0 Å². The molecule has 9 heavy (non-hydrogen) atoms. The number of ether oxygens (including phenoxy) is 1. The second-order valence-electron chi connectivity index (χ2n) is 2.32. The Morgan fingerprint density at radius 1 is 1.56 bits per heavy atom. The lowest BCUT2D eigenvalue weighted by Crippen LogP contribution is -2.56. The quantitative estimate of drug-likeness (QED) is 0.519. The Kier molecular flexibility index (Phi) is 4.67. The summed E-state index contributed by atoms with van der Waals surface area (Å²) in [4.78, 5) is 0. The van der Waals surface area contributed by atoms with Gasteiger partial charge >= 0.3 is 0 Å². The molecular weight excluding hydrogens is 118 g/mol. The van der Waals surface area contributed by atoms with Gasteiger partial charge in [0.2, 0.25) is 0 Å². The number of quaternary nitrogens is 1. The third-order valence-corrected chi connectivity index (χ3v) is 0.955. The third-order valence-electron chi connectivity index (χ3n) is 0.955. The first-order valence-electron chi connectivity index (χ1n) is 3.25. The minimum Gasteiger partial charge on any atom is -0.385 e. The van der Waals surface area contributed by atoms with Gasteiger partial charge in [-0.25, -0.2) is 0 Å². The molecule has 0 saturated carbocycles. The van der Waals surface area contributed by atoms with Crippen LogP contribution in [0, 0.1) is 0 Å². The molecule has 0 bridgehead atoms. The normalized spacial score (nSPS) is 14.3. The Balaban J connectivity index is 3.06. The average molecular weight is 134 g/mol. The molecule has 0 aliphatic carbocycles. The Labute approximate surface area is 55.8 Å². The summed E-state index contributed by atoms with van der Waals surface area (Å²) in [6.45, 7) is 4.81. The fraction of sp³-hybridized carbons (Fsp3) is 1.00. The first-order valence-corrected chi connectivity index (χ1v) is 3.25. The van der Waals surface area contributed by atoms with Crippen LogP contribution in [0.5, 0.6) is 0 Å². The predicted molar refractivity (Wildman–Crippen MR) is 34.8 cm³/mol. The molecule has 1 atom stereocenters. The van der Waals surface area contributed by atoms with Gasteiger partial charge in [-0.05, 0) is 13.8 Å². The molecule has 0 rings (SSSR count). The van der Waals surface area contributed by atoms with Crippen molar-refractivity contribution in [1.82, 2.24) is 0 Å². The average Bonchev–Trinajstić information content (AvgIpc) is 1.83. The highest BCUT2D eigenvalue weighted by Crippen LogP contribution is 1.88. The summed E-state index contributed by atoms with van der Waals surface area (Å²) < 4.78 is 5.10. The Morgan fingerprint density at radius 3 is 2.44 bits per heavy atom. The molecule has 0 aliphatic rings. The van der Waals surface area contributed by atoms with E-state index in [-0.39, 0.29) is 6.10 Å². The van der Waals surface area contributed by atoms with E-state index in [0.717, 1.165) is 0 Å². The predicted octanol–water partition coefficient (Wildman–Crippen LogP) is -0.986. The van der Waals surface area contributed by atoms with Crippen LogP contribution in [0.15, 0.2) is 0 Å². The molecule has 0 spiro atoms. The van der Waals surface area contributed by atoms with Crippen molar-refractivity contribution in [2.24, 2.45) is 0 Å². The zero-order chi connectivity index (χ0) is 7.28. The number of hydrogen-bond donors (Lipinski definition) is 2. The van der Waals surface area contributed by atoms with E-state index in [1.165, 1.54) is 0 Å². The molecular formula is C6H16NO2+. The van der Waals surface area contributed by atoms with Gasteiger partial charge in [0, 0.05) is 0 Å². The maximum Gasteiger partial charge on any atom is 0.126 e. The second-order valence-corrected chi connectivity index (χ2v) is 2.32. The Hall–Kier alpha value is -0.120. The maximum atomic E-state index is 8.92. The molecule has 0 radical (unpaired) electrons. The molecule has 56 valence electrons. The molecule has 0 heterocycles. The summed E-state index contributed by atoms with van der Waals surface area (Å²) in [5.41, 5.74) is 3.53. The largest absolute Gasteiger partial charge is 0.385 e. The lowest BCUT2D eigenvalue weighted by molar-refractivity contribution is -0.385. The van der Waals surface area contributed by atoms with Crippen molar-refractivity contribution in [2.45, 2.75) is 26.1 Å². The summed E-state index contributed by atoms with van der Waals surface area (Å²) in [6, 6.07) is 0. The van der Waals surface area contributed by atoms with Crippen LogP contribution in [-0.4, -0.2) is 30.5 Å². The van der Waals surface area contributed by atoms with Gasteiger partial charge in [0.1, 0.15) is 12.6 Å². The molecule has 0 aromatic rings. The molecule has 0 aromatic carbocycles. The molecule has 0 amide bonds. The van der Waals surface area contributed by atoms with Crippen LogP contribution < -0.4 is 5.73 Å². The number of aliphatic hydroxyl groups is 1. The van der Waals surface area contributed by atoms with Crippen LogP contribution in [0.4, 0.5) is 0 Å². The SMILES string of the molecule is CC(C)OCC(O)C[NH3+]. The van der Waals surface area contributed by atoms with E-state index in [0.29, 0.717) is 13.2 Å². The standard InChI is InChI=1S/C6H15NO2/c1-5(2)9-4-6(8)3-7/h5-6,8H,3-4,7H2,1-2H3/p+1. The molecule has 4 N–H and O–H groups in total. The van der Waals surface area contributed by atoms with Gasteiger partial charge < -0.3 is 15.6 Å². The summed E-state index contributed by atoms with van der Waals surface area (Å²) in [5.74, 6) is 0. The van der Waals surface area contributed by atoms with Crippen LogP contribution in [-0.2, 0) is 4.74 Å². The van der Waals surface area contributed by atoms with Gasteiger partial charge in [0.05, 0.1) is 12.7 Å². The van der Waals surface area contributed by atoms with Crippen molar-refractivity contribution >= 4 is 0 Å². The molecule has 0 aliphatic heterocycles. The fourth-order valence-corrected chi connectivity index (χ4v) is 0.387. The second kappa shape index (κ2) is 4.73. The monoisotopic (exact) mass is 134 g/mol. The summed E-state index contributed by atoms with van der Waals surface area (Å²) in [6.07, 6.45) is -0.196. The summed E-state index contributed by atoms with van der Waals surface area (Å²) in [7, 11) is 0. The van der Waals surface area contributed by atoms with Gasteiger partial charge in [0.25, 0.3) is 0 Å². The number of rotatable bonds is 4. The van der Waals surface area contributed by atoms with Gasteiger partial charge in [-0.2, -0.15) is 0 Å². The molecule has 0 saturated heterocycles. The van der Waals surface area contributed by atoms with Crippen molar-refractivity contribution in [3.8, 4) is 0 Å². The van der Waals surface area contributed by atoms with Gasteiger partial charge in [-0.3, -0.25) is 0 Å².